The number of benzene rings is 1. The van der Waals surface area contributed by atoms with Crippen LogP contribution in [0.1, 0.15) is 12.5 Å². The maximum absolute atomic E-state index is 11.9. The first-order chi connectivity index (χ1) is 7.95. The summed E-state index contributed by atoms with van der Waals surface area (Å²) in [4.78, 5) is 20.1. The van der Waals surface area contributed by atoms with Gasteiger partial charge in [-0.3, -0.25) is 4.79 Å². The highest BCUT2D eigenvalue weighted by Gasteiger charge is 2.30. The summed E-state index contributed by atoms with van der Waals surface area (Å²) >= 11 is 4.37. The van der Waals surface area contributed by atoms with Gasteiger partial charge in [-0.2, -0.15) is 12.6 Å². The Hall–Kier alpha value is -1.62. The molecular formula is C12H11N3OS. The topological polar surface area (TPSA) is 67.8 Å². The van der Waals surface area contributed by atoms with Gasteiger partial charge in [-0.05, 0) is 29.8 Å². The highest BCUT2D eigenvalue weighted by atomic mass is 32.1. The van der Waals surface area contributed by atoms with Crippen molar-refractivity contribution in [2.24, 2.45) is 15.7 Å². The number of hydrogen-bond donors (Lipinski definition) is 2. The molecule has 4 nitrogen and oxygen atoms in total. The molecule has 1 aliphatic heterocycles. The number of nitrogens with two attached hydrogens (primary N) is 1. The van der Waals surface area contributed by atoms with Crippen molar-refractivity contribution in [1.29, 1.82) is 0 Å². The summed E-state index contributed by atoms with van der Waals surface area (Å²) < 4.78 is -0.702. The molecule has 1 aromatic carbocycles. The lowest BCUT2D eigenvalue weighted by atomic mass is 9.90. The van der Waals surface area contributed by atoms with Gasteiger partial charge in [0.1, 0.15) is 0 Å². The fourth-order valence-corrected chi connectivity index (χ4v) is 2.33. The monoisotopic (exact) mass is 245 g/mol. The zero-order chi connectivity index (χ0) is 12.2. The van der Waals surface area contributed by atoms with E-state index < -0.39 is 4.75 Å². The van der Waals surface area contributed by atoms with Crippen molar-refractivity contribution in [1.82, 2.24) is 0 Å². The van der Waals surface area contributed by atoms with Crippen LogP contribution < -0.4 is 16.3 Å². The Morgan fingerprint density at radius 2 is 2.18 bits per heavy atom. The zero-order valence-corrected chi connectivity index (χ0v) is 10.2. The van der Waals surface area contributed by atoms with Crippen LogP contribution in [0.5, 0.6) is 0 Å². The van der Waals surface area contributed by atoms with Crippen molar-refractivity contribution < 1.29 is 4.79 Å². The Morgan fingerprint density at radius 3 is 2.94 bits per heavy atom. The molecule has 1 heterocycles. The van der Waals surface area contributed by atoms with E-state index >= 15 is 0 Å². The fourth-order valence-electron chi connectivity index (χ4n) is 2.11. The minimum atomic E-state index is -0.702. The molecule has 0 fully saturated rings. The predicted molar refractivity (Wildman–Crippen MR) is 69.1 cm³/mol. The molecule has 0 spiro atoms. The van der Waals surface area contributed by atoms with E-state index in [0.29, 0.717) is 6.42 Å². The second kappa shape index (κ2) is 3.20. The van der Waals surface area contributed by atoms with Crippen molar-refractivity contribution in [3.05, 3.63) is 28.3 Å². The van der Waals surface area contributed by atoms with Crippen LogP contribution in [0.2, 0.25) is 0 Å². The van der Waals surface area contributed by atoms with Crippen LogP contribution in [-0.2, 0) is 11.2 Å². The molecule has 0 bridgehead atoms. The Morgan fingerprint density at radius 1 is 1.41 bits per heavy atom. The number of thiol groups is 1. The molecule has 3 rings (SSSR count). The number of Topliss-reactive ketones (excluding diaryl/α,β-unsaturated/α-hetero) is 1. The highest BCUT2D eigenvalue weighted by molar-refractivity contribution is 7.83. The summed E-state index contributed by atoms with van der Waals surface area (Å²) in [5.41, 5.74) is 7.28. The van der Waals surface area contributed by atoms with E-state index in [1.165, 1.54) is 0 Å². The van der Waals surface area contributed by atoms with E-state index in [2.05, 4.69) is 22.6 Å². The molecule has 5 heteroatoms. The Labute approximate surface area is 103 Å². The highest BCUT2D eigenvalue weighted by Crippen LogP contribution is 2.23. The quantitative estimate of drug-likeness (QED) is 0.625. The number of carbonyl (C=O) groups excluding carboxylic acids is 1. The summed E-state index contributed by atoms with van der Waals surface area (Å²) in [5.74, 6) is 0.363. The molecule has 1 aliphatic carbocycles. The number of ketones is 1. The van der Waals surface area contributed by atoms with Crippen molar-refractivity contribution in [2.45, 2.75) is 18.1 Å². The van der Waals surface area contributed by atoms with Crippen molar-refractivity contribution in [2.75, 3.05) is 0 Å². The number of nitrogens with zero attached hydrogens (tertiary/aromatic N) is 2. The molecule has 1 aromatic rings. The number of carbonyl (C=O) groups is 1. The minimum Gasteiger partial charge on any atom is -0.368 e. The lowest BCUT2D eigenvalue weighted by Crippen LogP contribution is -2.37. The van der Waals surface area contributed by atoms with E-state index in [4.69, 9.17) is 5.73 Å². The van der Waals surface area contributed by atoms with Crippen molar-refractivity contribution >= 4 is 36.1 Å². The number of guanidine groups is 1. The van der Waals surface area contributed by atoms with E-state index in [9.17, 15) is 4.79 Å². The molecule has 1 unspecified atom stereocenters. The smallest absolute Gasteiger partial charge is 0.221 e. The van der Waals surface area contributed by atoms with Crippen LogP contribution in [0.25, 0.3) is 6.08 Å². The van der Waals surface area contributed by atoms with Gasteiger partial charge in [0, 0.05) is 6.42 Å². The third kappa shape index (κ3) is 1.58. The molecular weight excluding hydrogens is 234 g/mol. The van der Waals surface area contributed by atoms with Crippen LogP contribution >= 0.6 is 12.6 Å². The number of fused-ring (bicyclic) bond motifs is 2. The largest absolute Gasteiger partial charge is 0.368 e. The molecule has 86 valence electrons. The maximum atomic E-state index is 11.9. The van der Waals surface area contributed by atoms with Gasteiger partial charge in [0.15, 0.2) is 5.78 Å². The lowest BCUT2D eigenvalue weighted by Gasteiger charge is -2.22. The number of hydrogen-bond acceptors (Lipinski definition) is 5. The Kier molecular flexibility index (Phi) is 1.98. The van der Waals surface area contributed by atoms with Crippen LogP contribution in [0.4, 0.5) is 5.69 Å². The third-order valence-corrected chi connectivity index (χ3v) is 3.44. The van der Waals surface area contributed by atoms with Gasteiger partial charge in [0.05, 0.1) is 15.8 Å². The fraction of sp³-hybridized carbons (Fsp3) is 0.250. The zero-order valence-electron chi connectivity index (χ0n) is 9.27. The molecule has 1 atom stereocenters. The minimum absolute atomic E-state index is 0.0974. The molecule has 0 saturated carbocycles. The SMILES string of the molecule is CC1(S)C=c2cc3c(cc2CC1=O)=NC(N)=N3. The normalized spacial score (nSPS) is 25.5. The molecule has 0 radical (unpaired) electrons. The van der Waals surface area contributed by atoms with Gasteiger partial charge in [-0.1, -0.05) is 6.08 Å². The van der Waals surface area contributed by atoms with E-state index in [0.717, 1.165) is 21.8 Å². The molecule has 2 aliphatic rings. The van der Waals surface area contributed by atoms with Crippen LogP contribution in [0.15, 0.2) is 22.1 Å². The lowest BCUT2D eigenvalue weighted by molar-refractivity contribution is -0.119. The predicted octanol–water partition coefficient (Wildman–Crippen LogP) is -0.140. The van der Waals surface area contributed by atoms with Gasteiger partial charge in [-0.15, -0.1) is 0 Å². The van der Waals surface area contributed by atoms with Crippen LogP contribution in [-0.4, -0.2) is 16.5 Å². The average molecular weight is 245 g/mol. The molecule has 2 N–H and O–H groups in total. The maximum Gasteiger partial charge on any atom is 0.221 e. The Balaban J connectivity index is 2.30. The number of aliphatic imine (C=N–C) groups is 1. The molecule has 0 aromatic heterocycles. The molecule has 0 saturated heterocycles. The van der Waals surface area contributed by atoms with E-state index in [-0.39, 0.29) is 11.7 Å². The average Bonchev–Trinajstić information content (AvgIpc) is 2.55. The van der Waals surface area contributed by atoms with Gasteiger partial charge in [0.2, 0.25) is 5.96 Å². The molecule has 0 amide bonds. The van der Waals surface area contributed by atoms with Crippen LogP contribution in [0.3, 0.4) is 0 Å². The van der Waals surface area contributed by atoms with Crippen molar-refractivity contribution in [3.8, 4) is 0 Å². The Bertz CT molecular complexity index is 688. The first kappa shape index (κ1) is 10.5. The van der Waals surface area contributed by atoms with Gasteiger partial charge in [-0.25, -0.2) is 9.98 Å². The number of rotatable bonds is 0. The second-order valence-electron chi connectivity index (χ2n) is 4.51. The summed E-state index contributed by atoms with van der Waals surface area (Å²) in [6.45, 7) is 1.80. The molecule has 17 heavy (non-hydrogen) atoms. The first-order valence-electron chi connectivity index (χ1n) is 5.30. The van der Waals surface area contributed by atoms with E-state index in [1.807, 2.05) is 18.2 Å². The summed E-state index contributed by atoms with van der Waals surface area (Å²) in [6, 6.07) is 3.79. The van der Waals surface area contributed by atoms with Gasteiger partial charge >= 0.3 is 0 Å². The summed E-state index contributed by atoms with van der Waals surface area (Å²) in [5, 5.41) is 1.74. The van der Waals surface area contributed by atoms with Gasteiger partial charge < -0.3 is 5.73 Å². The van der Waals surface area contributed by atoms with Crippen molar-refractivity contribution in [3.63, 3.8) is 0 Å². The third-order valence-electron chi connectivity index (χ3n) is 3.06. The first-order valence-corrected chi connectivity index (χ1v) is 5.75. The standard InChI is InChI=1S/C12H11N3OS/c1-12(17)5-7-3-9-8(14-11(13)15-9)2-6(7)4-10(12)16/h2-3,5,17H,4H2,1H3,(H2,13,15). The van der Waals surface area contributed by atoms with Gasteiger partial charge in [0.25, 0.3) is 0 Å². The second-order valence-corrected chi connectivity index (χ2v) is 5.44. The summed E-state index contributed by atoms with van der Waals surface area (Å²) in [6.07, 6.45) is 2.25. The van der Waals surface area contributed by atoms with Crippen LogP contribution in [0, 0.1) is 0 Å². The van der Waals surface area contributed by atoms with E-state index in [1.54, 1.807) is 6.92 Å². The summed E-state index contributed by atoms with van der Waals surface area (Å²) in [7, 11) is 0.